The summed E-state index contributed by atoms with van der Waals surface area (Å²) in [6.07, 6.45) is 0.319. The third-order valence-electron chi connectivity index (χ3n) is 3.45. The molecule has 23 heavy (non-hydrogen) atoms. The Bertz CT molecular complexity index is 666. The highest BCUT2D eigenvalue weighted by Crippen LogP contribution is 2.25. The Morgan fingerprint density at radius 1 is 1.39 bits per heavy atom. The van der Waals surface area contributed by atoms with Crippen LogP contribution in [-0.2, 0) is 9.59 Å². The Morgan fingerprint density at radius 2 is 2.09 bits per heavy atom. The fourth-order valence-corrected chi connectivity index (χ4v) is 2.36. The summed E-state index contributed by atoms with van der Waals surface area (Å²) in [6.45, 7) is 0.281. The SMILES string of the molecule is [N-]=[N+]=NCC1CC(=O)N(c2ccc(C(=O)NCC(=O)O)cc2)C1. The monoisotopic (exact) mass is 317 g/mol. The molecule has 1 saturated heterocycles. The molecule has 9 heteroatoms. The standard InChI is InChI=1S/C14H15N5O4/c15-18-17-6-9-5-12(20)19(8-9)11-3-1-10(2-4-11)14(23)16-7-13(21)22/h1-4,9H,5-8H2,(H,16,23)(H,21,22). The Morgan fingerprint density at radius 3 is 2.70 bits per heavy atom. The molecule has 1 aromatic carbocycles. The summed E-state index contributed by atoms with van der Waals surface area (Å²) in [5.41, 5.74) is 9.28. The molecule has 2 N–H and O–H groups in total. The molecule has 1 aliphatic rings. The second-order valence-corrected chi connectivity index (χ2v) is 5.11. The van der Waals surface area contributed by atoms with Crippen LogP contribution in [0.25, 0.3) is 10.4 Å². The maximum atomic E-state index is 12.0. The van der Waals surface area contributed by atoms with E-state index in [9.17, 15) is 14.4 Å². The van der Waals surface area contributed by atoms with Crippen LogP contribution in [0.5, 0.6) is 0 Å². The molecule has 0 bridgehead atoms. The maximum Gasteiger partial charge on any atom is 0.322 e. The van der Waals surface area contributed by atoms with E-state index in [0.717, 1.165) is 0 Å². The van der Waals surface area contributed by atoms with Crippen molar-refractivity contribution in [3.8, 4) is 0 Å². The highest BCUT2D eigenvalue weighted by Gasteiger charge is 2.30. The van der Waals surface area contributed by atoms with Crippen LogP contribution in [0.1, 0.15) is 16.8 Å². The maximum absolute atomic E-state index is 12.0. The Kier molecular flexibility index (Phi) is 5.16. The lowest BCUT2D eigenvalue weighted by molar-refractivity contribution is -0.135. The minimum Gasteiger partial charge on any atom is -0.480 e. The number of anilines is 1. The Hall–Kier alpha value is -3.06. The minimum atomic E-state index is -1.12. The number of azide groups is 1. The van der Waals surface area contributed by atoms with Crippen molar-refractivity contribution in [3.05, 3.63) is 40.3 Å². The molecule has 1 fully saturated rings. The summed E-state index contributed by atoms with van der Waals surface area (Å²) in [5, 5.41) is 14.3. The van der Waals surface area contributed by atoms with Gasteiger partial charge in [0.1, 0.15) is 6.54 Å². The van der Waals surface area contributed by atoms with Gasteiger partial charge >= 0.3 is 5.97 Å². The number of hydrogen-bond acceptors (Lipinski definition) is 4. The number of nitrogens with zero attached hydrogens (tertiary/aromatic N) is 4. The van der Waals surface area contributed by atoms with Crippen molar-refractivity contribution < 1.29 is 19.5 Å². The summed E-state index contributed by atoms with van der Waals surface area (Å²) in [7, 11) is 0. The minimum absolute atomic E-state index is 0.0167. The lowest BCUT2D eigenvalue weighted by Gasteiger charge is -2.16. The van der Waals surface area contributed by atoms with Gasteiger partial charge < -0.3 is 15.3 Å². The van der Waals surface area contributed by atoms with Gasteiger partial charge in [-0.3, -0.25) is 14.4 Å². The Balaban J connectivity index is 2.02. The van der Waals surface area contributed by atoms with E-state index >= 15 is 0 Å². The van der Waals surface area contributed by atoms with Crippen LogP contribution in [0.15, 0.2) is 29.4 Å². The molecular weight excluding hydrogens is 302 g/mol. The first-order valence-electron chi connectivity index (χ1n) is 6.92. The predicted molar refractivity (Wildman–Crippen MR) is 80.9 cm³/mol. The van der Waals surface area contributed by atoms with E-state index in [-0.39, 0.29) is 18.4 Å². The first kappa shape index (κ1) is 16.3. The number of carboxylic acids is 1. The largest absolute Gasteiger partial charge is 0.480 e. The van der Waals surface area contributed by atoms with Crippen LogP contribution >= 0.6 is 0 Å². The average molecular weight is 317 g/mol. The van der Waals surface area contributed by atoms with Crippen molar-refractivity contribution in [2.24, 2.45) is 11.0 Å². The fraction of sp³-hybridized carbons (Fsp3) is 0.357. The molecule has 1 aliphatic heterocycles. The molecule has 0 spiro atoms. The summed E-state index contributed by atoms with van der Waals surface area (Å²) in [5.74, 6) is -1.69. The number of carboxylic acid groups (broad SMARTS) is 1. The number of aliphatic carboxylic acids is 1. The van der Waals surface area contributed by atoms with Crippen LogP contribution in [0.2, 0.25) is 0 Å². The second-order valence-electron chi connectivity index (χ2n) is 5.11. The van der Waals surface area contributed by atoms with Gasteiger partial charge in [-0.15, -0.1) is 0 Å². The summed E-state index contributed by atoms with van der Waals surface area (Å²) >= 11 is 0. The van der Waals surface area contributed by atoms with Gasteiger partial charge in [-0.05, 0) is 35.7 Å². The van der Waals surface area contributed by atoms with E-state index in [0.29, 0.717) is 24.2 Å². The third kappa shape index (κ3) is 4.21. The van der Waals surface area contributed by atoms with Crippen LogP contribution in [0.3, 0.4) is 0 Å². The molecule has 1 unspecified atom stereocenters. The van der Waals surface area contributed by atoms with Crippen LogP contribution in [0, 0.1) is 5.92 Å². The van der Waals surface area contributed by atoms with Gasteiger partial charge in [-0.1, -0.05) is 5.11 Å². The first-order valence-corrected chi connectivity index (χ1v) is 6.92. The zero-order chi connectivity index (χ0) is 16.8. The van der Waals surface area contributed by atoms with Gasteiger partial charge in [0.05, 0.1) is 0 Å². The normalized spacial score (nSPS) is 16.8. The van der Waals surface area contributed by atoms with Crippen LogP contribution in [0.4, 0.5) is 5.69 Å². The highest BCUT2D eigenvalue weighted by atomic mass is 16.4. The van der Waals surface area contributed by atoms with Crippen LogP contribution in [-0.4, -0.2) is 42.5 Å². The Labute approximate surface area is 131 Å². The zero-order valence-corrected chi connectivity index (χ0v) is 12.2. The van der Waals surface area contributed by atoms with Gasteiger partial charge in [0, 0.05) is 35.7 Å². The third-order valence-corrected chi connectivity index (χ3v) is 3.45. The summed E-state index contributed by atoms with van der Waals surface area (Å²) in [4.78, 5) is 38.4. The topological polar surface area (TPSA) is 135 Å². The quantitative estimate of drug-likeness (QED) is 0.462. The zero-order valence-electron chi connectivity index (χ0n) is 12.2. The van der Waals surface area contributed by atoms with Gasteiger partial charge in [0.25, 0.3) is 5.91 Å². The molecule has 2 amide bonds. The number of carbonyl (C=O) groups is 3. The molecule has 0 saturated carbocycles. The first-order chi connectivity index (χ1) is 11.0. The predicted octanol–water partition coefficient (Wildman–Crippen LogP) is 1.16. The smallest absolute Gasteiger partial charge is 0.322 e. The van der Waals surface area contributed by atoms with E-state index < -0.39 is 18.4 Å². The number of rotatable bonds is 6. The number of hydrogen-bond donors (Lipinski definition) is 2. The molecule has 0 aliphatic carbocycles. The van der Waals surface area contributed by atoms with E-state index in [1.807, 2.05) is 0 Å². The second kappa shape index (κ2) is 7.28. The van der Waals surface area contributed by atoms with Crippen molar-refractivity contribution >= 4 is 23.5 Å². The van der Waals surface area contributed by atoms with Crippen molar-refractivity contribution in [1.29, 1.82) is 0 Å². The van der Waals surface area contributed by atoms with Crippen molar-refractivity contribution in [1.82, 2.24) is 5.32 Å². The average Bonchev–Trinajstić information content (AvgIpc) is 2.91. The summed E-state index contributed by atoms with van der Waals surface area (Å²) < 4.78 is 0. The van der Waals surface area contributed by atoms with Crippen molar-refractivity contribution in [2.75, 3.05) is 24.5 Å². The number of amides is 2. The lowest BCUT2D eigenvalue weighted by Crippen LogP contribution is -2.29. The number of benzene rings is 1. The van der Waals surface area contributed by atoms with Gasteiger partial charge in [-0.25, -0.2) is 0 Å². The number of carbonyl (C=O) groups excluding carboxylic acids is 2. The molecule has 1 atom stereocenters. The van der Waals surface area contributed by atoms with Gasteiger partial charge in [0.2, 0.25) is 5.91 Å². The van der Waals surface area contributed by atoms with E-state index in [2.05, 4.69) is 15.3 Å². The molecular formula is C14H15N5O4. The molecule has 9 nitrogen and oxygen atoms in total. The van der Waals surface area contributed by atoms with E-state index in [1.165, 1.54) is 12.1 Å². The molecule has 2 rings (SSSR count). The van der Waals surface area contributed by atoms with Crippen LogP contribution < -0.4 is 10.2 Å². The lowest BCUT2D eigenvalue weighted by atomic mass is 10.1. The fourth-order valence-electron chi connectivity index (χ4n) is 2.36. The summed E-state index contributed by atoms with van der Waals surface area (Å²) in [6, 6.07) is 6.31. The highest BCUT2D eigenvalue weighted by molar-refractivity contribution is 5.98. The molecule has 1 aromatic rings. The van der Waals surface area contributed by atoms with Gasteiger partial charge in [0.15, 0.2) is 0 Å². The molecule has 120 valence electrons. The van der Waals surface area contributed by atoms with E-state index in [4.69, 9.17) is 10.6 Å². The molecule has 1 heterocycles. The van der Waals surface area contributed by atoms with E-state index in [1.54, 1.807) is 17.0 Å². The number of nitrogens with one attached hydrogen (secondary N) is 1. The molecule has 0 radical (unpaired) electrons. The van der Waals surface area contributed by atoms with Gasteiger partial charge in [-0.2, -0.15) is 0 Å². The molecule has 0 aromatic heterocycles. The van der Waals surface area contributed by atoms with Crippen molar-refractivity contribution in [3.63, 3.8) is 0 Å². The van der Waals surface area contributed by atoms with Crippen molar-refractivity contribution in [2.45, 2.75) is 6.42 Å².